The van der Waals surface area contributed by atoms with Crippen LogP contribution in [0.25, 0.3) is 0 Å². The monoisotopic (exact) mass is 127 g/mol. The number of nitrogens with two attached hydrogens (primary N) is 1. The van der Waals surface area contributed by atoms with E-state index in [1.165, 1.54) is 0 Å². The van der Waals surface area contributed by atoms with Gasteiger partial charge in [0.05, 0.1) is 0 Å². The lowest BCUT2D eigenvalue weighted by Gasteiger charge is -2.09. The molecular formula is C6H14BNO. The van der Waals surface area contributed by atoms with E-state index in [-0.39, 0.29) is 11.7 Å². The summed E-state index contributed by atoms with van der Waals surface area (Å²) in [5.41, 5.74) is 5.60. The molecule has 0 aromatic carbocycles. The molecule has 0 aliphatic rings. The lowest BCUT2D eigenvalue weighted by Crippen LogP contribution is -2.35. The zero-order chi connectivity index (χ0) is 7.44. The number of carbonyl (C=O) groups excluding carboxylic acids is 1. The van der Waals surface area contributed by atoms with Crippen molar-refractivity contribution in [3.63, 3.8) is 0 Å². The van der Waals surface area contributed by atoms with Gasteiger partial charge in [0.25, 0.3) is 0 Å². The molecule has 0 spiro atoms. The van der Waals surface area contributed by atoms with Crippen molar-refractivity contribution in [1.82, 2.24) is 0 Å². The third-order valence-electron chi connectivity index (χ3n) is 1.38. The van der Waals surface area contributed by atoms with Gasteiger partial charge in [-0.3, -0.25) is 4.79 Å². The molecule has 3 heteroatoms. The predicted octanol–water partition coefficient (Wildman–Crippen LogP) is 0.586. The molecule has 0 aromatic heterocycles. The van der Waals surface area contributed by atoms with Crippen molar-refractivity contribution < 1.29 is 4.79 Å². The first-order valence-corrected chi connectivity index (χ1v) is 3.29. The molecule has 9 heavy (non-hydrogen) atoms. The SMILES string of the molecule is CB(C)C(N)CC(C)=O. The Kier molecular flexibility index (Phi) is 3.55. The number of hydrogen-bond donors (Lipinski definition) is 1. The molecule has 52 valence electrons. The van der Waals surface area contributed by atoms with Crippen LogP contribution < -0.4 is 5.73 Å². The molecule has 2 N–H and O–H groups in total. The van der Waals surface area contributed by atoms with E-state index in [4.69, 9.17) is 5.73 Å². The van der Waals surface area contributed by atoms with Gasteiger partial charge < -0.3 is 5.73 Å². The summed E-state index contributed by atoms with van der Waals surface area (Å²) in [7, 11) is 0. The van der Waals surface area contributed by atoms with Gasteiger partial charge in [-0.2, -0.15) is 0 Å². The number of ketones is 1. The topological polar surface area (TPSA) is 43.1 Å². The summed E-state index contributed by atoms with van der Waals surface area (Å²) in [5.74, 6) is 0.221. The highest BCUT2D eigenvalue weighted by atomic mass is 16.1. The van der Waals surface area contributed by atoms with Gasteiger partial charge in [0.1, 0.15) is 5.78 Å². The zero-order valence-corrected chi connectivity index (χ0v) is 6.35. The van der Waals surface area contributed by atoms with E-state index in [9.17, 15) is 4.79 Å². The van der Waals surface area contributed by atoms with Crippen molar-refractivity contribution in [2.24, 2.45) is 5.73 Å². The molecule has 0 saturated heterocycles. The van der Waals surface area contributed by atoms with Gasteiger partial charge in [0.2, 0.25) is 0 Å². The Hall–Kier alpha value is -0.305. The summed E-state index contributed by atoms with van der Waals surface area (Å²) in [6, 6.07) is 0. The molecule has 0 radical (unpaired) electrons. The number of hydrogen-bond acceptors (Lipinski definition) is 2. The van der Waals surface area contributed by atoms with Gasteiger partial charge in [-0.1, -0.05) is 13.6 Å². The molecule has 0 aliphatic heterocycles. The van der Waals surface area contributed by atoms with E-state index in [0.29, 0.717) is 13.1 Å². The summed E-state index contributed by atoms with van der Waals surface area (Å²) in [6.07, 6.45) is 0.512. The van der Waals surface area contributed by atoms with Crippen LogP contribution in [-0.4, -0.2) is 18.4 Å². The Morgan fingerprint density at radius 3 is 2.22 bits per heavy atom. The molecule has 1 unspecified atom stereocenters. The largest absolute Gasteiger partial charge is 0.334 e. The van der Waals surface area contributed by atoms with E-state index in [1.807, 2.05) is 13.6 Å². The molecule has 0 amide bonds. The van der Waals surface area contributed by atoms with Crippen LogP contribution in [0.2, 0.25) is 13.6 Å². The van der Waals surface area contributed by atoms with Gasteiger partial charge in [0, 0.05) is 6.42 Å². The lowest BCUT2D eigenvalue weighted by atomic mass is 9.48. The van der Waals surface area contributed by atoms with Gasteiger partial charge in [-0.25, -0.2) is 0 Å². The van der Waals surface area contributed by atoms with Crippen LogP contribution in [0.3, 0.4) is 0 Å². The summed E-state index contributed by atoms with van der Waals surface area (Å²) < 4.78 is 0. The Balaban J connectivity index is 3.50. The minimum Gasteiger partial charge on any atom is -0.334 e. The molecule has 0 rings (SSSR count). The molecule has 0 saturated carbocycles. The van der Waals surface area contributed by atoms with Crippen molar-refractivity contribution in [2.75, 3.05) is 0 Å². The maximum absolute atomic E-state index is 10.5. The fourth-order valence-corrected chi connectivity index (χ4v) is 0.568. The summed E-state index contributed by atoms with van der Waals surface area (Å²) in [6.45, 7) is 6.03. The first kappa shape index (κ1) is 8.69. The minimum atomic E-state index is 0.0440. The van der Waals surface area contributed by atoms with E-state index in [1.54, 1.807) is 6.92 Å². The van der Waals surface area contributed by atoms with Gasteiger partial charge in [-0.05, 0) is 12.9 Å². The smallest absolute Gasteiger partial charge is 0.154 e. The quantitative estimate of drug-likeness (QED) is 0.563. The molecule has 0 aromatic rings. The van der Waals surface area contributed by atoms with Crippen molar-refractivity contribution in [2.45, 2.75) is 32.9 Å². The van der Waals surface area contributed by atoms with E-state index in [0.717, 1.165) is 0 Å². The minimum absolute atomic E-state index is 0.0440. The van der Waals surface area contributed by atoms with Crippen LogP contribution in [0, 0.1) is 0 Å². The van der Waals surface area contributed by atoms with Gasteiger partial charge >= 0.3 is 0 Å². The first-order valence-electron chi connectivity index (χ1n) is 3.29. The van der Waals surface area contributed by atoms with Crippen LogP contribution in [0.5, 0.6) is 0 Å². The van der Waals surface area contributed by atoms with Crippen LogP contribution in [0.15, 0.2) is 0 Å². The molecule has 0 bridgehead atoms. The highest BCUT2D eigenvalue weighted by molar-refractivity contribution is 6.57. The molecular weight excluding hydrogens is 113 g/mol. The third-order valence-corrected chi connectivity index (χ3v) is 1.38. The van der Waals surface area contributed by atoms with Crippen LogP contribution in [0.4, 0.5) is 0 Å². The fourth-order valence-electron chi connectivity index (χ4n) is 0.568. The zero-order valence-electron chi connectivity index (χ0n) is 6.35. The summed E-state index contributed by atoms with van der Waals surface area (Å²) in [5, 5.41) is 0. The van der Waals surface area contributed by atoms with Crippen molar-refractivity contribution in [1.29, 1.82) is 0 Å². The molecule has 0 heterocycles. The second kappa shape index (κ2) is 3.67. The van der Waals surface area contributed by atoms with Gasteiger partial charge in [0.15, 0.2) is 6.71 Å². The molecule has 2 nitrogen and oxygen atoms in total. The van der Waals surface area contributed by atoms with Crippen molar-refractivity contribution in [3.8, 4) is 0 Å². The second-order valence-electron chi connectivity index (χ2n) is 2.81. The Labute approximate surface area is 56.9 Å². The van der Waals surface area contributed by atoms with Crippen LogP contribution in [-0.2, 0) is 4.79 Å². The highest BCUT2D eigenvalue weighted by Gasteiger charge is 2.11. The maximum atomic E-state index is 10.5. The number of rotatable bonds is 3. The lowest BCUT2D eigenvalue weighted by molar-refractivity contribution is -0.117. The summed E-state index contributed by atoms with van der Waals surface area (Å²) >= 11 is 0. The Bertz CT molecular complexity index is 103. The fraction of sp³-hybridized carbons (Fsp3) is 0.833. The second-order valence-corrected chi connectivity index (χ2v) is 2.81. The maximum Gasteiger partial charge on any atom is 0.154 e. The van der Waals surface area contributed by atoms with Crippen molar-refractivity contribution in [3.05, 3.63) is 0 Å². The molecule has 1 atom stereocenters. The predicted molar refractivity (Wildman–Crippen MR) is 40.8 cm³/mol. The molecule has 0 fully saturated rings. The summed E-state index contributed by atoms with van der Waals surface area (Å²) in [4.78, 5) is 10.5. The normalized spacial score (nSPS) is 12.9. The highest BCUT2D eigenvalue weighted by Crippen LogP contribution is 1.94. The van der Waals surface area contributed by atoms with Crippen LogP contribution >= 0.6 is 0 Å². The first-order chi connectivity index (χ1) is 4.04. The van der Waals surface area contributed by atoms with Gasteiger partial charge in [-0.15, -0.1) is 0 Å². The Morgan fingerprint density at radius 2 is 2.11 bits per heavy atom. The number of carbonyl (C=O) groups is 1. The van der Waals surface area contributed by atoms with E-state index in [2.05, 4.69) is 0 Å². The van der Waals surface area contributed by atoms with E-state index < -0.39 is 0 Å². The average Bonchev–Trinajstić information content (AvgIpc) is 1.63. The third kappa shape index (κ3) is 4.21. The standard InChI is InChI=1S/C6H14BNO/c1-5(9)4-6(8)7(2)3/h6H,4,8H2,1-3H3. The average molecular weight is 127 g/mol. The van der Waals surface area contributed by atoms with Crippen molar-refractivity contribution >= 4 is 12.5 Å². The molecule has 0 aliphatic carbocycles. The number of Topliss-reactive ketones (excluding diaryl/α,β-unsaturated/α-hetero) is 1. The van der Waals surface area contributed by atoms with E-state index >= 15 is 0 Å². The van der Waals surface area contributed by atoms with Crippen LogP contribution in [0.1, 0.15) is 13.3 Å². The Morgan fingerprint density at radius 1 is 1.67 bits per heavy atom.